The van der Waals surface area contributed by atoms with Crippen LogP contribution in [0.3, 0.4) is 0 Å². The molecule has 0 atom stereocenters. The lowest BCUT2D eigenvalue weighted by molar-refractivity contribution is 0.0697. The first kappa shape index (κ1) is 19.7. The maximum Gasteiger partial charge on any atom is 0.335 e. The van der Waals surface area contributed by atoms with E-state index in [-0.39, 0.29) is 0 Å². The average molecular weight is 320 g/mol. The monoisotopic (exact) mass is 319 g/mol. The fourth-order valence-corrected chi connectivity index (χ4v) is 1.53. The van der Waals surface area contributed by atoms with Crippen LogP contribution in [0.4, 0.5) is 0 Å². The zero-order valence-corrected chi connectivity index (χ0v) is 14.0. The van der Waals surface area contributed by atoms with Crippen LogP contribution in [0.2, 0.25) is 0 Å². The number of nitrogens with zero attached hydrogens (tertiary/aromatic N) is 1. The molecule has 0 fully saturated rings. The van der Waals surface area contributed by atoms with E-state index in [0.29, 0.717) is 10.6 Å². The molecular weight excluding hydrogens is 298 g/mol. The number of carbonyl (C=O) groups is 1. The highest BCUT2D eigenvalue weighted by atomic mass is 35.5. The van der Waals surface area contributed by atoms with Crippen molar-refractivity contribution in [1.29, 1.82) is 0 Å². The molecule has 0 aliphatic carbocycles. The Balaban J connectivity index is 0.000000411. The Kier molecular flexibility index (Phi) is 9.39. The summed E-state index contributed by atoms with van der Waals surface area (Å²) in [5.74, 6) is -0.886. The van der Waals surface area contributed by atoms with Crippen molar-refractivity contribution in [3.63, 3.8) is 0 Å². The third-order valence-corrected chi connectivity index (χ3v) is 2.46. The van der Waals surface area contributed by atoms with E-state index in [4.69, 9.17) is 16.7 Å². The van der Waals surface area contributed by atoms with Crippen LogP contribution in [0.15, 0.2) is 66.9 Å². The van der Waals surface area contributed by atoms with Crippen LogP contribution in [0.5, 0.6) is 0 Å². The molecule has 22 heavy (non-hydrogen) atoms. The molecule has 1 aromatic heterocycles. The number of fused-ring (bicyclic) bond motifs is 1. The minimum atomic E-state index is -0.886. The lowest BCUT2D eigenvalue weighted by atomic mass is 10.2. The zero-order chi connectivity index (χ0) is 17.1. The minimum Gasteiger partial charge on any atom is -0.478 e. The summed E-state index contributed by atoms with van der Waals surface area (Å²) in [6.45, 7) is 10.5. The number of carboxylic acids is 1. The zero-order valence-electron chi connectivity index (χ0n) is 13.2. The average Bonchev–Trinajstić information content (AvgIpc) is 2.81. The smallest absolute Gasteiger partial charge is 0.335 e. The highest BCUT2D eigenvalue weighted by molar-refractivity contribution is 6.28. The Labute approximate surface area is 136 Å². The number of allylic oxidation sites excluding steroid dienone is 4. The lowest BCUT2D eigenvalue weighted by Gasteiger charge is -1.97. The molecule has 0 saturated carbocycles. The van der Waals surface area contributed by atoms with Gasteiger partial charge in [-0.1, -0.05) is 49.1 Å². The molecule has 0 amide bonds. The predicted octanol–water partition coefficient (Wildman–Crippen LogP) is 5.38. The molecule has 2 rings (SSSR count). The molecule has 4 heteroatoms. The third-order valence-electron chi connectivity index (χ3n) is 2.46. The Morgan fingerprint density at radius 3 is 2.36 bits per heavy atom. The van der Waals surface area contributed by atoms with Crippen LogP contribution in [-0.2, 0) is 7.05 Å². The first-order chi connectivity index (χ1) is 10.3. The van der Waals surface area contributed by atoms with Crippen molar-refractivity contribution in [3.8, 4) is 0 Å². The Morgan fingerprint density at radius 2 is 1.95 bits per heavy atom. The quantitative estimate of drug-likeness (QED) is 0.755. The first-order valence-corrected chi connectivity index (χ1v) is 7.04. The second-order valence-corrected chi connectivity index (χ2v) is 5.09. The summed E-state index contributed by atoms with van der Waals surface area (Å²) >= 11 is 5.08. The second-order valence-electron chi connectivity index (χ2n) is 4.44. The van der Waals surface area contributed by atoms with Crippen molar-refractivity contribution < 1.29 is 9.90 Å². The van der Waals surface area contributed by atoms with Gasteiger partial charge in [-0.3, -0.25) is 0 Å². The molecule has 1 heterocycles. The summed E-state index contributed by atoms with van der Waals surface area (Å²) in [7, 11) is 1.90. The van der Waals surface area contributed by atoms with Gasteiger partial charge in [0.25, 0.3) is 0 Å². The number of rotatable bonds is 2. The van der Waals surface area contributed by atoms with E-state index in [1.165, 1.54) is 0 Å². The van der Waals surface area contributed by atoms with E-state index in [1.807, 2.05) is 49.0 Å². The molecule has 0 aliphatic heterocycles. The fraction of sp³-hybridized carbons (Fsp3) is 0.167. The Hall–Kier alpha value is -2.26. The molecule has 0 radical (unpaired) electrons. The van der Waals surface area contributed by atoms with Crippen LogP contribution in [0.1, 0.15) is 24.2 Å². The van der Waals surface area contributed by atoms with Gasteiger partial charge in [-0.05, 0) is 37.4 Å². The molecule has 118 valence electrons. The second kappa shape index (κ2) is 10.5. The fourth-order valence-electron chi connectivity index (χ4n) is 1.53. The topological polar surface area (TPSA) is 42.2 Å². The van der Waals surface area contributed by atoms with Crippen molar-refractivity contribution >= 4 is 28.5 Å². The van der Waals surface area contributed by atoms with Gasteiger partial charge in [0, 0.05) is 23.8 Å². The molecule has 1 N–H and O–H groups in total. The number of aryl methyl sites for hydroxylation is 1. The van der Waals surface area contributed by atoms with Gasteiger partial charge in [0.15, 0.2) is 0 Å². The maximum absolute atomic E-state index is 10.7. The summed E-state index contributed by atoms with van der Waals surface area (Å²) in [6, 6.07) is 7.07. The van der Waals surface area contributed by atoms with Gasteiger partial charge in [0.05, 0.1) is 5.56 Å². The number of benzene rings is 1. The molecule has 1 aromatic carbocycles. The van der Waals surface area contributed by atoms with Crippen molar-refractivity contribution in [2.75, 3.05) is 0 Å². The van der Waals surface area contributed by atoms with Crippen molar-refractivity contribution in [2.45, 2.75) is 13.8 Å². The maximum atomic E-state index is 10.7. The van der Waals surface area contributed by atoms with E-state index in [1.54, 1.807) is 25.1 Å². The number of hydrogen-bond donors (Lipinski definition) is 1. The lowest BCUT2D eigenvalue weighted by Crippen LogP contribution is -1.96. The van der Waals surface area contributed by atoms with Crippen LogP contribution < -0.4 is 0 Å². The summed E-state index contributed by atoms with van der Waals surface area (Å²) in [6.07, 6.45) is 7.49. The van der Waals surface area contributed by atoms with Crippen molar-refractivity contribution in [1.82, 2.24) is 4.57 Å². The predicted molar refractivity (Wildman–Crippen MR) is 95.6 cm³/mol. The van der Waals surface area contributed by atoms with Gasteiger partial charge in [-0.15, -0.1) is 0 Å². The van der Waals surface area contributed by atoms with Gasteiger partial charge in [-0.25, -0.2) is 4.79 Å². The molecule has 0 bridgehead atoms. The summed E-state index contributed by atoms with van der Waals surface area (Å²) < 4.78 is 1.90. The largest absolute Gasteiger partial charge is 0.478 e. The Bertz CT molecular complexity index is 665. The van der Waals surface area contributed by atoms with E-state index in [0.717, 1.165) is 10.9 Å². The standard InChI is InChI=1S/C10H9NO2.C5H8.C3H5Cl/c1-11-5-4-7-2-3-8(10(12)13)6-9(7)11;1-3-5-4-2;1-3(2)4/h2-6H,1H3,(H,12,13);3-5H,1H2,2H3;1H2,2H3/b;5-4+;. The van der Waals surface area contributed by atoms with E-state index >= 15 is 0 Å². The van der Waals surface area contributed by atoms with Gasteiger partial charge < -0.3 is 9.67 Å². The van der Waals surface area contributed by atoms with E-state index < -0.39 is 5.97 Å². The normalized spacial score (nSPS) is 9.45. The van der Waals surface area contributed by atoms with Gasteiger partial charge >= 0.3 is 5.97 Å². The molecule has 0 aliphatic rings. The molecular formula is C18H22ClNO2. The van der Waals surface area contributed by atoms with E-state index in [9.17, 15) is 4.79 Å². The van der Waals surface area contributed by atoms with Crippen LogP contribution in [0, 0.1) is 0 Å². The number of carboxylic acid groups (broad SMARTS) is 1. The molecule has 2 aromatic rings. The number of hydrogen-bond acceptors (Lipinski definition) is 1. The van der Waals surface area contributed by atoms with Crippen LogP contribution in [0.25, 0.3) is 10.9 Å². The van der Waals surface area contributed by atoms with Crippen molar-refractivity contribution in [2.24, 2.45) is 7.05 Å². The molecule has 3 nitrogen and oxygen atoms in total. The highest BCUT2D eigenvalue weighted by Gasteiger charge is 2.04. The number of aromatic carboxylic acids is 1. The van der Waals surface area contributed by atoms with Crippen LogP contribution >= 0.6 is 11.6 Å². The summed E-state index contributed by atoms with van der Waals surface area (Å²) in [4.78, 5) is 10.7. The minimum absolute atomic E-state index is 0.328. The molecule has 0 unspecified atom stereocenters. The summed E-state index contributed by atoms with van der Waals surface area (Å²) in [5, 5.41) is 10.5. The highest BCUT2D eigenvalue weighted by Crippen LogP contribution is 2.16. The van der Waals surface area contributed by atoms with E-state index in [2.05, 4.69) is 13.2 Å². The first-order valence-electron chi connectivity index (χ1n) is 6.66. The third kappa shape index (κ3) is 7.50. The SMILES string of the molecule is C=C(C)Cl.C=C/C=C/C.Cn1ccc2ccc(C(=O)O)cc21. The van der Waals surface area contributed by atoms with Crippen molar-refractivity contribution in [3.05, 3.63) is 72.4 Å². The van der Waals surface area contributed by atoms with Gasteiger partial charge in [-0.2, -0.15) is 0 Å². The van der Waals surface area contributed by atoms with Crippen LogP contribution in [-0.4, -0.2) is 15.6 Å². The van der Waals surface area contributed by atoms with Gasteiger partial charge in [0.1, 0.15) is 0 Å². The molecule has 0 saturated heterocycles. The molecule has 0 spiro atoms. The van der Waals surface area contributed by atoms with Gasteiger partial charge in [0.2, 0.25) is 0 Å². The Morgan fingerprint density at radius 1 is 1.36 bits per heavy atom. The number of halogens is 1. The summed E-state index contributed by atoms with van der Waals surface area (Å²) in [5.41, 5.74) is 1.27. The number of aromatic nitrogens is 1.